The maximum atomic E-state index is 11.4. The van der Waals surface area contributed by atoms with Crippen molar-refractivity contribution in [2.45, 2.75) is 52.5 Å². The van der Waals surface area contributed by atoms with Gasteiger partial charge in [-0.2, -0.15) is 0 Å². The number of hydrogen-bond acceptors (Lipinski definition) is 8. The first-order valence-electron chi connectivity index (χ1n) is 11.8. The third-order valence-electron chi connectivity index (χ3n) is 5.86. The van der Waals surface area contributed by atoms with Crippen LogP contribution < -0.4 is 5.32 Å². The van der Waals surface area contributed by atoms with Gasteiger partial charge in [0.05, 0.1) is 18.9 Å². The summed E-state index contributed by atoms with van der Waals surface area (Å²) in [7, 11) is 0. The highest BCUT2D eigenvalue weighted by Gasteiger charge is 2.21. The van der Waals surface area contributed by atoms with E-state index in [2.05, 4.69) is 34.3 Å². The molecule has 0 unspecified atom stereocenters. The Balaban J connectivity index is 1.55. The van der Waals surface area contributed by atoms with Gasteiger partial charge in [0, 0.05) is 24.7 Å². The number of nitrogens with zero attached hydrogens (tertiary/aromatic N) is 3. The second-order valence-electron chi connectivity index (χ2n) is 8.83. The van der Waals surface area contributed by atoms with Gasteiger partial charge in [0.15, 0.2) is 0 Å². The van der Waals surface area contributed by atoms with Crippen molar-refractivity contribution in [1.29, 1.82) is 0 Å². The number of phenols is 1. The highest BCUT2D eigenvalue weighted by Crippen LogP contribution is 2.33. The highest BCUT2D eigenvalue weighted by molar-refractivity contribution is 5.71. The first kappa shape index (κ1) is 24.9. The van der Waals surface area contributed by atoms with Crippen LogP contribution in [0.2, 0.25) is 0 Å². The number of carbonyl (C=O) groups excluding carboxylic acids is 1. The number of hydrogen-bond donors (Lipinski definition) is 2. The smallest absolute Gasteiger partial charge is 0.332 e. The standard InChI is InChI=1S/C25H36N4O4/c1-5-33-24(31)16-32-12-11-29-10-6-7-20(15-29)26-23-13-18(4)25(28-27-23)21-9-8-19(17(2)3)14-22(21)30/h8-9,13-14,17,20,30H,5-7,10-12,15-16H2,1-4H3,(H,26,27)/t20-/m1/s1. The molecule has 2 N–H and O–H groups in total. The summed E-state index contributed by atoms with van der Waals surface area (Å²) < 4.78 is 10.3. The number of piperidine rings is 1. The maximum Gasteiger partial charge on any atom is 0.332 e. The summed E-state index contributed by atoms with van der Waals surface area (Å²) in [5.74, 6) is 0.993. The molecule has 8 heteroatoms. The average Bonchev–Trinajstić information content (AvgIpc) is 2.78. The van der Waals surface area contributed by atoms with E-state index in [0.717, 1.165) is 49.4 Å². The van der Waals surface area contributed by atoms with E-state index < -0.39 is 0 Å². The van der Waals surface area contributed by atoms with Crippen molar-refractivity contribution in [3.8, 4) is 17.0 Å². The van der Waals surface area contributed by atoms with E-state index in [0.29, 0.717) is 30.4 Å². The van der Waals surface area contributed by atoms with E-state index in [1.807, 2.05) is 25.1 Å². The van der Waals surface area contributed by atoms with E-state index in [4.69, 9.17) is 9.47 Å². The fourth-order valence-electron chi connectivity index (χ4n) is 4.07. The fourth-order valence-corrected chi connectivity index (χ4v) is 4.07. The summed E-state index contributed by atoms with van der Waals surface area (Å²) in [5.41, 5.74) is 3.44. The maximum absolute atomic E-state index is 11.4. The molecule has 1 fully saturated rings. The summed E-state index contributed by atoms with van der Waals surface area (Å²) >= 11 is 0. The van der Waals surface area contributed by atoms with Gasteiger partial charge in [-0.1, -0.05) is 19.9 Å². The van der Waals surface area contributed by atoms with Gasteiger partial charge in [-0.05, 0) is 68.5 Å². The third-order valence-corrected chi connectivity index (χ3v) is 5.86. The number of carbonyl (C=O) groups is 1. The number of aromatic hydroxyl groups is 1. The van der Waals surface area contributed by atoms with E-state index >= 15 is 0 Å². The van der Waals surface area contributed by atoms with Crippen LogP contribution in [0.4, 0.5) is 5.82 Å². The number of aryl methyl sites for hydroxylation is 1. The zero-order valence-corrected chi connectivity index (χ0v) is 20.1. The molecule has 8 nitrogen and oxygen atoms in total. The minimum absolute atomic E-state index is 0.000322. The molecule has 1 aliphatic heterocycles. The van der Waals surface area contributed by atoms with E-state index in [-0.39, 0.29) is 24.4 Å². The molecule has 0 aliphatic carbocycles. The van der Waals surface area contributed by atoms with E-state index in [1.165, 1.54) is 0 Å². The quantitative estimate of drug-likeness (QED) is 0.412. The van der Waals surface area contributed by atoms with Crippen LogP contribution in [0.25, 0.3) is 11.3 Å². The lowest BCUT2D eigenvalue weighted by Gasteiger charge is -2.33. The molecule has 2 heterocycles. The van der Waals surface area contributed by atoms with Crippen molar-refractivity contribution < 1.29 is 19.4 Å². The Labute approximate surface area is 196 Å². The predicted molar refractivity (Wildman–Crippen MR) is 128 cm³/mol. The van der Waals surface area contributed by atoms with Gasteiger partial charge < -0.3 is 19.9 Å². The lowest BCUT2D eigenvalue weighted by molar-refractivity contribution is -0.148. The van der Waals surface area contributed by atoms with Gasteiger partial charge in [-0.25, -0.2) is 4.79 Å². The van der Waals surface area contributed by atoms with Crippen LogP contribution in [0.3, 0.4) is 0 Å². The van der Waals surface area contributed by atoms with Crippen molar-refractivity contribution in [2.24, 2.45) is 0 Å². The molecule has 0 amide bonds. The molecule has 3 rings (SSSR count). The van der Waals surface area contributed by atoms with Gasteiger partial charge in [-0.3, -0.25) is 4.90 Å². The molecule has 0 bridgehead atoms. The van der Waals surface area contributed by atoms with Crippen LogP contribution in [0, 0.1) is 6.92 Å². The number of benzene rings is 1. The van der Waals surface area contributed by atoms with Gasteiger partial charge in [0.25, 0.3) is 0 Å². The SMILES string of the molecule is CCOC(=O)COCCN1CCC[C@@H](Nc2cc(C)c(-c3ccc(C(C)C)cc3O)nn2)C1. The van der Waals surface area contributed by atoms with Crippen LogP contribution in [0.5, 0.6) is 5.75 Å². The fraction of sp³-hybridized carbons (Fsp3) is 0.560. The molecule has 1 atom stereocenters. The number of esters is 1. The number of likely N-dealkylation sites (tertiary alicyclic amines) is 1. The predicted octanol–water partition coefficient (Wildman–Crippen LogP) is 3.74. The second kappa shape index (κ2) is 12.0. The number of rotatable bonds is 10. The summed E-state index contributed by atoms with van der Waals surface area (Å²) in [6.07, 6.45) is 2.14. The second-order valence-corrected chi connectivity index (χ2v) is 8.83. The largest absolute Gasteiger partial charge is 0.507 e. The van der Waals surface area contributed by atoms with Crippen LogP contribution >= 0.6 is 0 Å². The Morgan fingerprint density at radius 2 is 2.12 bits per heavy atom. The van der Waals surface area contributed by atoms with Crippen LogP contribution in [0.1, 0.15) is 50.7 Å². The summed E-state index contributed by atoms with van der Waals surface area (Å²) in [5, 5.41) is 22.8. The van der Waals surface area contributed by atoms with Crippen molar-refractivity contribution in [3.05, 3.63) is 35.4 Å². The molecule has 0 saturated carbocycles. The number of phenolic OH excluding ortho intramolecular Hbond substituents is 1. The molecule has 1 aromatic carbocycles. The zero-order chi connectivity index (χ0) is 23.8. The molecular weight excluding hydrogens is 420 g/mol. The topological polar surface area (TPSA) is 96.8 Å². The van der Waals surface area contributed by atoms with Crippen LogP contribution in [-0.4, -0.2) is 71.7 Å². The Hall–Kier alpha value is -2.71. The van der Waals surface area contributed by atoms with Gasteiger partial charge in [0.1, 0.15) is 18.2 Å². The molecule has 1 aliphatic rings. The summed E-state index contributed by atoms with van der Waals surface area (Å²) in [4.78, 5) is 13.7. The zero-order valence-electron chi connectivity index (χ0n) is 20.1. The number of ether oxygens (including phenoxy) is 2. The molecule has 0 radical (unpaired) electrons. The number of aromatic nitrogens is 2. The monoisotopic (exact) mass is 456 g/mol. The van der Waals surface area contributed by atoms with Gasteiger partial charge >= 0.3 is 5.97 Å². The first-order valence-corrected chi connectivity index (χ1v) is 11.8. The minimum atomic E-state index is -0.322. The average molecular weight is 457 g/mol. The van der Waals surface area contributed by atoms with E-state index in [9.17, 15) is 9.90 Å². The van der Waals surface area contributed by atoms with Crippen molar-refractivity contribution in [3.63, 3.8) is 0 Å². The van der Waals surface area contributed by atoms with Crippen molar-refractivity contribution >= 4 is 11.8 Å². The van der Waals surface area contributed by atoms with Crippen molar-refractivity contribution in [1.82, 2.24) is 15.1 Å². The molecule has 0 spiro atoms. The highest BCUT2D eigenvalue weighted by atomic mass is 16.6. The van der Waals surface area contributed by atoms with Crippen LogP contribution in [-0.2, 0) is 14.3 Å². The molecule has 2 aromatic rings. The Morgan fingerprint density at radius 1 is 1.30 bits per heavy atom. The molecule has 180 valence electrons. The Bertz CT molecular complexity index is 935. The molecular formula is C25H36N4O4. The summed E-state index contributed by atoms with van der Waals surface area (Å²) in [6.45, 7) is 11.5. The first-order chi connectivity index (χ1) is 15.9. The van der Waals surface area contributed by atoms with Gasteiger partial charge in [0.2, 0.25) is 0 Å². The Morgan fingerprint density at radius 3 is 2.82 bits per heavy atom. The summed E-state index contributed by atoms with van der Waals surface area (Å²) in [6, 6.07) is 8.00. The lowest BCUT2D eigenvalue weighted by atomic mass is 9.98. The molecule has 1 saturated heterocycles. The van der Waals surface area contributed by atoms with E-state index in [1.54, 1.807) is 13.0 Å². The Kier molecular flexibility index (Phi) is 9.03. The molecule has 1 aromatic heterocycles. The van der Waals surface area contributed by atoms with Crippen molar-refractivity contribution in [2.75, 3.05) is 44.8 Å². The number of anilines is 1. The molecule has 33 heavy (non-hydrogen) atoms. The normalized spacial score (nSPS) is 16.7. The third kappa shape index (κ3) is 7.14. The lowest BCUT2D eigenvalue weighted by Crippen LogP contribution is -2.43. The van der Waals surface area contributed by atoms with Crippen LogP contribution in [0.15, 0.2) is 24.3 Å². The minimum Gasteiger partial charge on any atom is -0.507 e. The van der Waals surface area contributed by atoms with Gasteiger partial charge in [-0.15, -0.1) is 10.2 Å². The number of nitrogens with one attached hydrogen (secondary N) is 1.